The van der Waals surface area contributed by atoms with E-state index >= 15 is 0 Å². The van der Waals surface area contributed by atoms with Gasteiger partial charge in [-0.1, -0.05) is 18.2 Å². The van der Waals surface area contributed by atoms with Crippen molar-refractivity contribution in [1.29, 1.82) is 0 Å². The van der Waals surface area contributed by atoms with E-state index in [-0.39, 0.29) is 0 Å². The van der Waals surface area contributed by atoms with Gasteiger partial charge in [-0.15, -0.1) is 0 Å². The monoisotopic (exact) mass is 356 g/mol. The molecule has 1 aromatic heterocycles. The number of rotatable bonds is 8. The van der Waals surface area contributed by atoms with Crippen LogP contribution < -0.4 is 15.4 Å². The van der Waals surface area contributed by atoms with Gasteiger partial charge in [0.05, 0.1) is 18.8 Å². The summed E-state index contributed by atoms with van der Waals surface area (Å²) in [4.78, 5) is 8.67. The average Bonchev–Trinajstić information content (AvgIpc) is 2.64. The molecule has 0 spiro atoms. The van der Waals surface area contributed by atoms with Crippen LogP contribution in [0.4, 0.5) is 0 Å². The summed E-state index contributed by atoms with van der Waals surface area (Å²) in [6.07, 6.45) is 1.80. The van der Waals surface area contributed by atoms with Crippen molar-refractivity contribution < 1.29 is 9.47 Å². The van der Waals surface area contributed by atoms with Crippen molar-refractivity contribution in [3.63, 3.8) is 0 Å². The van der Waals surface area contributed by atoms with E-state index in [0.717, 1.165) is 34.1 Å². The first-order valence-corrected chi connectivity index (χ1v) is 8.70. The molecule has 0 aliphatic carbocycles. The second-order valence-electron chi connectivity index (χ2n) is 6.00. The summed E-state index contributed by atoms with van der Waals surface area (Å²) in [5.41, 5.74) is 4.40. The molecule has 0 bridgehead atoms. The molecule has 0 saturated carbocycles. The van der Waals surface area contributed by atoms with Gasteiger partial charge in [0.2, 0.25) is 0 Å². The highest BCUT2D eigenvalue weighted by molar-refractivity contribution is 5.79. The van der Waals surface area contributed by atoms with Crippen LogP contribution in [-0.4, -0.2) is 38.3 Å². The molecule has 0 radical (unpaired) electrons. The Hall–Kier alpha value is -2.60. The molecule has 26 heavy (non-hydrogen) atoms. The van der Waals surface area contributed by atoms with Gasteiger partial charge in [0.1, 0.15) is 12.4 Å². The van der Waals surface area contributed by atoms with Gasteiger partial charge < -0.3 is 20.1 Å². The number of pyridine rings is 1. The number of ether oxygens (including phenoxy) is 2. The first-order chi connectivity index (χ1) is 12.6. The van der Waals surface area contributed by atoms with Crippen LogP contribution in [0.2, 0.25) is 0 Å². The fourth-order valence-corrected chi connectivity index (χ4v) is 2.45. The van der Waals surface area contributed by atoms with Gasteiger partial charge in [0.25, 0.3) is 0 Å². The van der Waals surface area contributed by atoms with Gasteiger partial charge in [0.15, 0.2) is 5.96 Å². The normalized spacial score (nSPS) is 11.3. The smallest absolute Gasteiger partial charge is 0.191 e. The molecule has 0 unspecified atom stereocenters. The molecule has 2 rings (SSSR count). The van der Waals surface area contributed by atoms with Crippen molar-refractivity contribution in [2.24, 2.45) is 4.99 Å². The molecule has 0 aliphatic rings. The summed E-state index contributed by atoms with van der Waals surface area (Å²) in [6, 6.07) is 10.2. The first kappa shape index (κ1) is 19.7. The van der Waals surface area contributed by atoms with E-state index in [1.807, 2.05) is 12.1 Å². The summed E-state index contributed by atoms with van der Waals surface area (Å²) < 4.78 is 10.9. The lowest BCUT2D eigenvalue weighted by molar-refractivity contribution is 0.145. The summed E-state index contributed by atoms with van der Waals surface area (Å²) in [6.45, 7) is 6.43. The van der Waals surface area contributed by atoms with Crippen molar-refractivity contribution in [3.05, 3.63) is 58.9 Å². The summed E-state index contributed by atoms with van der Waals surface area (Å²) in [5, 5.41) is 6.62. The Kier molecular flexibility index (Phi) is 7.89. The van der Waals surface area contributed by atoms with Crippen LogP contribution in [-0.2, 0) is 17.8 Å². The Balaban J connectivity index is 1.94. The first-order valence-electron chi connectivity index (χ1n) is 8.70. The van der Waals surface area contributed by atoms with Gasteiger partial charge in [-0.05, 0) is 37.1 Å². The van der Waals surface area contributed by atoms with Crippen molar-refractivity contribution >= 4 is 5.96 Å². The molecule has 140 valence electrons. The highest BCUT2D eigenvalue weighted by Gasteiger charge is 2.07. The van der Waals surface area contributed by atoms with Crippen LogP contribution in [0.1, 0.15) is 22.4 Å². The van der Waals surface area contributed by atoms with Crippen LogP contribution in [0.15, 0.2) is 41.5 Å². The van der Waals surface area contributed by atoms with E-state index in [0.29, 0.717) is 26.3 Å². The molecule has 2 N–H and O–H groups in total. The number of methoxy groups -OCH3 is 1. The quantitative estimate of drug-likeness (QED) is 0.432. The molecule has 6 nitrogen and oxygen atoms in total. The lowest BCUT2D eigenvalue weighted by Crippen LogP contribution is -2.36. The van der Waals surface area contributed by atoms with Crippen LogP contribution in [0.5, 0.6) is 5.75 Å². The standard InChI is InChI=1S/C20H28N4O2/c1-15-7-8-17(19(12-15)26-11-10-25-4)13-23-20(21-3)24-14-18-16(2)6-5-9-22-18/h5-9,12H,10-11,13-14H2,1-4H3,(H2,21,23,24). The molecule has 0 aliphatic heterocycles. The molecule has 6 heteroatoms. The maximum Gasteiger partial charge on any atom is 0.191 e. The second kappa shape index (κ2) is 10.4. The van der Waals surface area contributed by atoms with Crippen molar-refractivity contribution in [1.82, 2.24) is 15.6 Å². The van der Waals surface area contributed by atoms with Crippen LogP contribution in [0.3, 0.4) is 0 Å². The second-order valence-corrected chi connectivity index (χ2v) is 6.00. The fraction of sp³-hybridized carbons (Fsp3) is 0.400. The topological polar surface area (TPSA) is 67.8 Å². The molecule has 0 amide bonds. The lowest BCUT2D eigenvalue weighted by atomic mass is 10.1. The third-order valence-corrected chi connectivity index (χ3v) is 3.98. The Bertz CT molecular complexity index is 732. The highest BCUT2D eigenvalue weighted by Crippen LogP contribution is 2.20. The van der Waals surface area contributed by atoms with E-state index in [4.69, 9.17) is 9.47 Å². The molecule has 2 aromatic rings. The maximum absolute atomic E-state index is 5.83. The number of aryl methyl sites for hydroxylation is 2. The number of benzene rings is 1. The van der Waals surface area contributed by atoms with Gasteiger partial charge in [-0.25, -0.2) is 0 Å². The van der Waals surface area contributed by atoms with Gasteiger partial charge in [-0.3, -0.25) is 9.98 Å². The number of hydrogen-bond acceptors (Lipinski definition) is 4. The average molecular weight is 356 g/mol. The number of hydrogen-bond donors (Lipinski definition) is 2. The third-order valence-electron chi connectivity index (χ3n) is 3.98. The Morgan fingerprint density at radius 3 is 2.65 bits per heavy atom. The van der Waals surface area contributed by atoms with Crippen molar-refractivity contribution in [3.8, 4) is 5.75 Å². The molecule has 0 fully saturated rings. The Morgan fingerprint density at radius 1 is 1.12 bits per heavy atom. The fourth-order valence-electron chi connectivity index (χ4n) is 2.45. The van der Waals surface area contributed by atoms with Gasteiger partial charge >= 0.3 is 0 Å². The number of guanidine groups is 1. The molecule has 1 aromatic carbocycles. The van der Waals surface area contributed by atoms with E-state index in [2.05, 4.69) is 52.7 Å². The predicted molar refractivity (Wildman–Crippen MR) is 105 cm³/mol. The molecular weight excluding hydrogens is 328 g/mol. The summed E-state index contributed by atoms with van der Waals surface area (Å²) >= 11 is 0. The molecule has 1 heterocycles. The minimum absolute atomic E-state index is 0.527. The largest absolute Gasteiger partial charge is 0.491 e. The van der Waals surface area contributed by atoms with Crippen LogP contribution in [0.25, 0.3) is 0 Å². The molecular formula is C20H28N4O2. The highest BCUT2D eigenvalue weighted by atomic mass is 16.5. The zero-order chi connectivity index (χ0) is 18.8. The SMILES string of the molecule is CN=C(NCc1ccc(C)cc1OCCOC)NCc1ncccc1C. The van der Waals surface area contributed by atoms with Crippen LogP contribution >= 0.6 is 0 Å². The third kappa shape index (κ3) is 6.04. The minimum atomic E-state index is 0.527. The summed E-state index contributed by atoms with van der Waals surface area (Å²) in [7, 11) is 3.42. The lowest BCUT2D eigenvalue weighted by Gasteiger charge is -2.15. The number of aliphatic imine (C=N–C) groups is 1. The van der Waals surface area contributed by atoms with Crippen molar-refractivity contribution in [2.45, 2.75) is 26.9 Å². The van der Waals surface area contributed by atoms with E-state index in [9.17, 15) is 0 Å². The zero-order valence-electron chi connectivity index (χ0n) is 16.0. The molecule has 0 atom stereocenters. The van der Waals surface area contributed by atoms with Crippen molar-refractivity contribution in [2.75, 3.05) is 27.4 Å². The van der Waals surface area contributed by atoms with E-state index in [1.54, 1.807) is 20.4 Å². The number of nitrogens with one attached hydrogen (secondary N) is 2. The van der Waals surface area contributed by atoms with Gasteiger partial charge in [0, 0.05) is 32.5 Å². The number of aromatic nitrogens is 1. The Morgan fingerprint density at radius 2 is 1.92 bits per heavy atom. The van der Waals surface area contributed by atoms with Crippen LogP contribution in [0, 0.1) is 13.8 Å². The number of nitrogens with zero attached hydrogens (tertiary/aromatic N) is 2. The molecule has 0 saturated heterocycles. The van der Waals surface area contributed by atoms with E-state index in [1.165, 1.54) is 0 Å². The zero-order valence-corrected chi connectivity index (χ0v) is 16.0. The summed E-state index contributed by atoms with van der Waals surface area (Å²) in [5.74, 6) is 1.59. The Labute approximate surface area is 155 Å². The van der Waals surface area contributed by atoms with E-state index < -0.39 is 0 Å². The minimum Gasteiger partial charge on any atom is -0.491 e. The van der Waals surface area contributed by atoms with Gasteiger partial charge in [-0.2, -0.15) is 0 Å². The predicted octanol–water partition coefficient (Wildman–Crippen LogP) is 2.59. The maximum atomic E-state index is 5.83.